The molecule has 0 aromatic heterocycles. The summed E-state index contributed by atoms with van der Waals surface area (Å²) in [4.78, 5) is 11.8. The van der Waals surface area contributed by atoms with Crippen molar-refractivity contribution in [1.82, 2.24) is 0 Å². The zero-order valence-electron chi connectivity index (χ0n) is 11.5. The van der Waals surface area contributed by atoms with Crippen LogP contribution in [0.15, 0.2) is 22.7 Å². The van der Waals surface area contributed by atoms with Crippen LogP contribution in [0.25, 0.3) is 0 Å². The monoisotopic (exact) mass is 324 g/mol. The highest BCUT2D eigenvalue weighted by Crippen LogP contribution is 2.24. The molecule has 1 aromatic carbocycles. The molecule has 0 bridgehead atoms. The van der Waals surface area contributed by atoms with Crippen molar-refractivity contribution in [2.75, 3.05) is 5.32 Å². The number of nitriles is 1. The van der Waals surface area contributed by atoms with Crippen molar-refractivity contribution in [3.63, 3.8) is 0 Å². The van der Waals surface area contributed by atoms with E-state index in [1.807, 2.05) is 20.8 Å². The zero-order chi connectivity index (χ0) is 14.6. The second-order valence-electron chi connectivity index (χ2n) is 5.21. The second-order valence-corrected chi connectivity index (χ2v) is 6.06. The highest BCUT2D eigenvalue weighted by molar-refractivity contribution is 9.10. The standard InChI is InChI=1S/C14H17BrN2O2/c1-9(13(18)19-14(2,3)4)17-12-6-5-10(8-16)7-11(12)15/h5-7,9,17H,1-4H3. The highest BCUT2D eigenvalue weighted by Gasteiger charge is 2.21. The fourth-order valence-electron chi connectivity index (χ4n) is 1.38. The number of carbonyl (C=O) groups excluding carboxylic acids is 1. The van der Waals surface area contributed by atoms with Crippen LogP contribution >= 0.6 is 15.9 Å². The maximum atomic E-state index is 11.8. The molecular formula is C14H17BrN2O2. The van der Waals surface area contributed by atoms with Gasteiger partial charge >= 0.3 is 5.97 Å². The molecule has 0 spiro atoms. The van der Waals surface area contributed by atoms with E-state index in [9.17, 15) is 4.79 Å². The van der Waals surface area contributed by atoms with E-state index in [1.54, 1.807) is 25.1 Å². The number of halogens is 1. The predicted molar refractivity (Wildman–Crippen MR) is 77.8 cm³/mol. The number of carbonyl (C=O) groups is 1. The Kier molecular flexibility index (Phi) is 4.96. The number of ether oxygens (including phenoxy) is 1. The molecule has 1 N–H and O–H groups in total. The van der Waals surface area contributed by atoms with Gasteiger partial charge in [0.05, 0.1) is 11.6 Å². The molecule has 4 nitrogen and oxygen atoms in total. The van der Waals surface area contributed by atoms with E-state index < -0.39 is 11.6 Å². The summed E-state index contributed by atoms with van der Waals surface area (Å²) in [5.41, 5.74) is 0.800. The van der Waals surface area contributed by atoms with Gasteiger partial charge in [-0.05, 0) is 61.8 Å². The average Bonchev–Trinajstić information content (AvgIpc) is 2.29. The Balaban J connectivity index is 2.75. The summed E-state index contributed by atoms with van der Waals surface area (Å²) in [6, 6.07) is 6.73. The Morgan fingerprint density at radius 1 is 1.47 bits per heavy atom. The van der Waals surface area contributed by atoms with Crippen molar-refractivity contribution in [2.45, 2.75) is 39.3 Å². The lowest BCUT2D eigenvalue weighted by molar-refractivity contribution is -0.155. The Labute approximate surface area is 121 Å². The molecule has 0 radical (unpaired) electrons. The third-order valence-electron chi connectivity index (χ3n) is 2.23. The minimum absolute atomic E-state index is 0.316. The van der Waals surface area contributed by atoms with Crippen LogP contribution in [0.2, 0.25) is 0 Å². The molecule has 19 heavy (non-hydrogen) atoms. The van der Waals surface area contributed by atoms with Gasteiger partial charge in [0.2, 0.25) is 0 Å². The van der Waals surface area contributed by atoms with Crippen molar-refractivity contribution in [1.29, 1.82) is 5.26 Å². The van der Waals surface area contributed by atoms with Gasteiger partial charge in [-0.25, -0.2) is 4.79 Å². The molecule has 0 heterocycles. The lowest BCUT2D eigenvalue weighted by atomic mass is 10.2. The van der Waals surface area contributed by atoms with Crippen LogP contribution in [0.1, 0.15) is 33.3 Å². The van der Waals surface area contributed by atoms with E-state index in [1.165, 1.54) is 0 Å². The van der Waals surface area contributed by atoms with Gasteiger partial charge in [0, 0.05) is 10.2 Å². The molecule has 0 amide bonds. The first-order valence-corrected chi connectivity index (χ1v) is 6.71. The Hall–Kier alpha value is -1.54. The Morgan fingerprint density at radius 3 is 2.58 bits per heavy atom. The Morgan fingerprint density at radius 2 is 2.11 bits per heavy atom. The minimum atomic E-state index is -0.505. The van der Waals surface area contributed by atoms with E-state index in [0.29, 0.717) is 5.56 Å². The van der Waals surface area contributed by atoms with Crippen LogP contribution in [0.3, 0.4) is 0 Å². The number of esters is 1. The molecule has 0 aliphatic rings. The first-order chi connectivity index (χ1) is 8.73. The van der Waals surface area contributed by atoms with Gasteiger partial charge in [-0.15, -0.1) is 0 Å². The first-order valence-electron chi connectivity index (χ1n) is 5.92. The second kappa shape index (κ2) is 6.07. The van der Waals surface area contributed by atoms with Crippen molar-refractivity contribution in [2.24, 2.45) is 0 Å². The minimum Gasteiger partial charge on any atom is -0.458 e. The SMILES string of the molecule is CC(Nc1ccc(C#N)cc1Br)C(=O)OC(C)(C)C. The van der Waals surface area contributed by atoms with Crippen LogP contribution in [-0.4, -0.2) is 17.6 Å². The zero-order valence-corrected chi connectivity index (χ0v) is 13.0. The number of hydrogen-bond acceptors (Lipinski definition) is 4. The molecule has 1 unspecified atom stereocenters. The summed E-state index contributed by atoms with van der Waals surface area (Å²) in [6.45, 7) is 7.22. The molecule has 0 aliphatic carbocycles. The molecule has 0 fully saturated rings. The van der Waals surface area contributed by atoms with Crippen LogP contribution in [-0.2, 0) is 9.53 Å². The van der Waals surface area contributed by atoms with Crippen LogP contribution in [0.5, 0.6) is 0 Å². The molecular weight excluding hydrogens is 308 g/mol. The van der Waals surface area contributed by atoms with Crippen molar-refractivity contribution >= 4 is 27.6 Å². The maximum Gasteiger partial charge on any atom is 0.328 e. The molecule has 0 aliphatic heterocycles. The molecule has 1 aromatic rings. The molecule has 102 valence electrons. The van der Waals surface area contributed by atoms with E-state index in [-0.39, 0.29) is 5.97 Å². The lowest BCUT2D eigenvalue weighted by Gasteiger charge is -2.23. The summed E-state index contributed by atoms with van der Waals surface area (Å²) in [5, 5.41) is 11.8. The smallest absolute Gasteiger partial charge is 0.328 e. The molecule has 1 atom stereocenters. The third kappa shape index (κ3) is 4.92. The van der Waals surface area contributed by atoms with Crippen molar-refractivity contribution in [3.8, 4) is 6.07 Å². The van der Waals surface area contributed by atoms with Crippen LogP contribution in [0, 0.1) is 11.3 Å². The van der Waals surface area contributed by atoms with Gasteiger partial charge in [0.1, 0.15) is 11.6 Å². The van der Waals surface area contributed by atoms with Crippen molar-refractivity contribution < 1.29 is 9.53 Å². The van der Waals surface area contributed by atoms with Gasteiger partial charge in [0.25, 0.3) is 0 Å². The molecule has 0 saturated carbocycles. The normalized spacial score (nSPS) is 12.4. The van der Waals surface area contributed by atoms with E-state index >= 15 is 0 Å². The topological polar surface area (TPSA) is 62.1 Å². The average molecular weight is 325 g/mol. The largest absolute Gasteiger partial charge is 0.458 e. The molecule has 5 heteroatoms. The number of benzene rings is 1. The Bertz CT molecular complexity index is 515. The summed E-state index contributed by atoms with van der Waals surface area (Å²) < 4.78 is 6.03. The number of nitrogens with one attached hydrogen (secondary N) is 1. The van der Waals surface area contributed by atoms with E-state index in [0.717, 1.165) is 10.2 Å². The number of anilines is 1. The van der Waals surface area contributed by atoms with E-state index in [4.69, 9.17) is 10.00 Å². The highest BCUT2D eigenvalue weighted by atomic mass is 79.9. The summed E-state index contributed by atoms with van der Waals surface area (Å²) in [6.07, 6.45) is 0. The van der Waals surface area contributed by atoms with Gasteiger partial charge in [-0.1, -0.05) is 0 Å². The first kappa shape index (κ1) is 15.5. The number of hydrogen-bond donors (Lipinski definition) is 1. The lowest BCUT2D eigenvalue weighted by Crippen LogP contribution is -2.34. The fraction of sp³-hybridized carbons (Fsp3) is 0.429. The van der Waals surface area contributed by atoms with Crippen LogP contribution < -0.4 is 5.32 Å². The van der Waals surface area contributed by atoms with Gasteiger partial charge in [-0.2, -0.15) is 5.26 Å². The molecule has 1 rings (SSSR count). The molecule has 0 saturated heterocycles. The van der Waals surface area contributed by atoms with Crippen molar-refractivity contribution in [3.05, 3.63) is 28.2 Å². The van der Waals surface area contributed by atoms with Gasteiger partial charge in [-0.3, -0.25) is 0 Å². The maximum absolute atomic E-state index is 11.8. The summed E-state index contributed by atoms with van der Waals surface area (Å²) in [5.74, 6) is -0.316. The summed E-state index contributed by atoms with van der Waals surface area (Å²) in [7, 11) is 0. The predicted octanol–water partition coefficient (Wildman–Crippen LogP) is 3.46. The third-order valence-corrected chi connectivity index (χ3v) is 2.89. The summed E-state index contributed by atoms with van der Waals surface area (Å²) >= 11 is 3.36. The van der Waals surface area contributed by atoms with Gasteiger partial charge in [0.15, 0.2) is 0 Å². The van der Waals surface area contributed by atoms with E-state index in [2.05, 4.69) is 27.3 Å². The van der Waals surface area contributed by atoms with Gasteiger partial charge < -0.3 is 10.1 Å². The van der Waals surface area contributed by atoms with Crippen LogP contribution in [0.4, 0.5) is 5.69 Å². The fourth-order valence-corrected chi connectivity index (χ4v) is 1.88. The number of rotatable bonds is 3. The quantitative estimate of drug-likeness (QED) is 0.865. The number of nitrogens with zero attached hydrogens (tertiary/aromatic N) is 1.